The average molecular weight is 545 g/mol. The molecule has 170 valence electrons. The van der Waals surface area contributed by atoms with Crippen molar-refractivity contribution in [3.05, 3.63) is 63.4 Å². The van der Waals surface area contributed by atoms with E-state index in [4.69, 9.17) is 17.0 Å². The van der Waals surface area contributed by atoms with Gasteiger partial charge in [-0.3, -0.25) is 10.1 Å². The standard InChI is InChI=1S/C22H21BrN6O2S2/c1-4-17-26-27-22-29(17)28-20(33-22)14-7-5-13(6-8-14)11-24-21(32)25-19(30)16-10-15(23)9-12(2)18(16)31-3/h5-10H,4,11H2,1-3H3,(H2,24,25,30,32). The Morgan fingerprint density at radius 2 is 2.00 bits per heavy atom. The van der Waals surface area contributed by atoms with Gasteiger partial charge in [-0.25, -0.2) is 0 Å². The second-order valence-electron chi connectivity index (χ2n) is 7.21. The van der Waals surface area contributed by atoms with Crippen LogP contribution in [0.4, 0.5) is 0 Å². The van der Waals surface area contributed by atoms with Crippen LogP contribution < -0.4 is 15.4 Å². The van der Waals surface area contributed by atoms with Gasteiger partial charge < -0.3 is 10.1 Å². The molecule has 0 saturated heterocycles. The van der Waals surface area contributed by atoms with E-state index in [0.717, 1.165) is 43.4 Å². The molecule has 0 aliphatic heterocycles. The van der Waals surface area contributed by atoms with Gasteiger partial charge in [-0.05, 0) is 42.4 Å². The summed E-state index contributed by atoms with van der Waals surface area (Å²) in [5.41, 5.74) is 3.29. The van der Waals surface area contributed by atoms with Gasteiger partial charge in [-0.1, -0.05) is 58.5 Å². The van der Waals surface area contributed by atoms with Gasteiger partial charge in [0, 0.05) is 23.0 Å². The molecule has 0 bridgehead atoms. The monoisotopic (exact) mass is 544 g/mol. The lowest BCUT2D eigenvalue weighted by Gasteiger charge is -2.14. The van der Waals surface area contributed by atoms with E-state index < -0.39 is 0 Å². The number of methoxy groups -OCH3 is 1. The van der Waals surface area contributed by atoms with Crippen molar-refractivity contribution >= 4 is 55.5 Å². The molecular formula is C22H21BrN6O2S2. The van der Waals surface area contributed by atoms with E-state index in [2.05, 4.69) is 41.9 Å². The molecule has 2 aromatic carbocycles. The van der Waals surface area contributed by atoms with E-state index in [-0.39, 0.29) is 11.0 Å². The number of fused-ring (bicyclic) bond motifs is 1. The summed E-state index contributed by atoms with van der Waals surface area (Å²) in [5, 5.41) is 19.8. The molecular weight excluding hydrogens is 524 g/mol. The molecule has 0 aliphatic rings. The van der Waals surface area contributed by atoms with Gasteiger partial charge in [-0.15, -0.1) is 10.2 Å². The van der Waals surface area contributed by atoms with Gasteiger partial charge in [0.2, 0.25) is 4.96 Å². The first-order valence-electron chi connectivity index (χ1n) is 10.1. The fourth-order valence-corrected chi connectivity index (χ4v) is 4.93. The lowest BCUT2D eigenvalue weighted by Crippen LogP contribution is -2.39. The fourth-order valence-electron chi connectivity index (χ4n) is 3.33. The Balaban J connectivity index is 1.37. The number of nitrogens with one attached hydrogen (secondary N) is 2. The van der Waals surface area contributed by atoms with E-state index >= 15 is 0 Å². The van der Waals surface area contributed by atoms with Crippen molar-refractivity contribution in [1.29, 1.82) is 0 Å². The van der Waals surface area contributed by atoms with Crippen molar-refractivity contribution in [2.75, 3.05) is 7.11 Å². The summed E-state index contributed by atoms with van der Waals surface area (Å²) in [6.45, 7) is 4.38. The van der Waals surface area contributed by atoms with E-state index in [1.807, 2.05) is 44.2 Å². The second-order valence-corrected chi connectivity index (χ2v) is 9.49. The van der Waals surface area contributed by atoms with Crippen molar-refractivity contribution in [2.24, 2.45) is 0 Å². The number of nitrogens with zero attached hydrogens (tertiary/aromatic N) is 4. The van der Waals surface area contributed by atoms with Crippen LogP contribution in [-0.4, -0.2) is 37.9 Å². The maximum atomic E-state index is 12.7. The summed E-state index contributed by atoms with van der Waals surface area (Å²) in [6.07, 6.45) is 0.777. The summed E-state index contributed by atoms with van der Waals surface area (Å²) in [5.74, 6) is 1.03. The molecule has 8 nitrogen and oxygen atoms in total. The minimum atomic E-state index is -0.334. The van der Waals surface area contributed by atoms with Crippen molar-refractivity contribution in [1.82, 2.24) is 30.4 Å². The minimum absolute atomic E-state index is 0.240. The lowest BCUT2D eigenvalue weighted by molar-refractivity contribution is 0.0973. The van der Waals surface area contributed by atoms with E-state index in [1.165, 1.54) is 18.4 Å². The molecule has 1 amide bonds. The molecule has 4 rings (SSSR count). The molecule has 0 atom stereocenters. The summed E-state index contributed by atoms with van der Waals surface area (Å²) in [6, 6.07) is 11.6. The van der Waals surface area contributed by atoms with Gasteiger partial charge in [0.05, 0.1) is 12.7 Å². The molecule has 0 aliphatic carbocycles. The lowest BCUT2D eigenvalue weighted by atomic mass is 10.1. The Morgan fingerprint density at radius 3 is 2.70 bits per heavy atom. The van der Waals surface area contributed by atoms with Crippen LogP contribution in [0.1, 0.15) is 34.2 Å². The predicted molar refractivity (Wildman–Crippen MR) is 136 cm³/mol. The average Bonchev–Trinajstić information content (AvgIpc) is 3.38. The smallest absolute Gasteiger partial charge is 0.261 e. The van der Waals surface area contributed by atoms with Crippen LogP contribution in [-0.2, 0) is 13.0 Å². The number of aromatic nitrogens is 4. The van der Waals surface area contributed by atoms with Crippen molar-refractivity contribution in [3.63, 3.8) is 0 Å². The zero-order valence-corrected chi connectivity index (χ0v) is 21.4. The van der Waals surface area contributed by atoms with Crippen LogP contribution in [0, 0.1) is 6.92 Å². The fraction of sp³-hybridized carbons (Fsp3) is 0.227. The Kier molecular flexibility index (Phi) is 7.01. The highest BCUT2D eigenvalue weighted by molar-refractivity contribution is 9.10. The summed E-state index contributed by atoms with van der Waals surface area (Å²) >= 11 is 10.2. The van der Waals surface area contributed by atoms with Crippen molar-refractivity contribution in [3.8, 4) is 16.3 Å². The van der Waals surface area contributed by atoms with Gasteiger partial charge in [0.25, 0.3) is 5.91 Å². The van der Waals surface area contributed by atoms with Crippen LogP contribution in [0.25, 0.3) is 15.5 Å². The first-order chi connectivity index (χ1) is 15.9. The van der Waals surface area contributed by atoms with Crippen molar-refractivity contribution < 1.29 is 9.53 Å². The van der Waals surface area contributed by atoms with E-state index in [0.29, 0.717) is 17.9 Å². The number of rotatable bonds is 6. The SMILES string of the molecule is CCc1nnc2sc(-c3ccc(CNC(=S)NC(=O)c4cc(Br)cc(C)c4OC)cc3)nn12. The van der Waals surface area contributed by atoms with Crippen LogP contribution in [0.3, 0.4) is 0 Å². The number of thiocarbonyl (C=S) groups is 1. The normalized spacial score (nSPS) is 10.9. The summed E-state index contributed by atoms with van der Waals surface area (Å²) in [4.78, 5) is 13.5. The highest BCUT2D eigenvalue weighted by atomic mass is 79.9. The number of halogens is 1. The second kappa shape index (κ2) is 9.94. The number of hydrogen-bond donors (Lipinski definition) is 2. The zero-order valence-electron chi connectivity index (χ0n) is 18.2. The summed E-state index contributed by atoms with van der Waals surface area (Å²) in [7, 11) is 1.54. The Hall–Kier alpha value is -2.89. The molecule has 2 N–H and O–H groups in total. The Morgan fingerprint density at radius 1 is 1.24 bits per heavy atom. The highest BCUT2D eigenvalue weighted by Crippen LogP contribution is 2.28. The first kappa shape index (κ1) is 23.3. The number of benzene rings is 2. The number of ether oxygens (including phenoxy) is 1. The minimum Gasteiger partial charge on any atom is -0.496 e. The van der Waals surface area contributed by atoms with Crippen LogP contribution in [0.15, 0.2) is 40.9 Å². The van der Waals surface area contributed by atoms with Crippen LogP contribution in [0.5, 0.6) is 5.75 Å². The topological polar surface area (TPSA) is 93.4 Å². The Labute approximate surface area is 208 Å². The Bertz CT molecular complexity index is 1330. The molecule has 2 heterocycles. The maximum absolute atomic E-state index is 12.7. The number of carbonyl (C=O) groups is 1. The van der Waals surface area contributed by atoms with Gasteiger partial charge in [0.1, 0.15) is 10.8 Å². The number of carbonyl (C=O) groups excluding carboxylic acids is 1. The zero-order chi connectivity index (χ0) is 23.5. The molecule has 0 saturated carbocycles. The third-order valence-corrected chi connectivity index (χ3v) is 6.59. The van der Waals surface area contributed by atoms with Crippen LogP contribution in [0.2, 0.25) is 0 Å². The molecule has 2 aromatic heterocycles. The van der Waals surface area contributed by atoms with Crippen molar-refractivity contribution in [2.45, 2.75) is 26.8 Å². The molecule has 0 unspecified atom stereocenters. The predicted octanol–water partition coefficient (Wildman–Crippen LogP) is 4.30. The van der Waals surface area contributed by atoms with Gasteiger partial charge in [-0.2, -0.15) is 9.61 Å². The van der Waals surface area contributed by atoms with E-state index in [9.17, 15) is 4.79 Å². The molecule has 33 heavy (non-hydrogen) atoms. The third-order valence-electron chi connectivity index (χ3n) is 4.94. The molecule has 0 radical (unpaired) electrons. The number of aryl methyl sites for hydroxylation is 2. The quantitative estimate of drug-likeness (QED) is 0.349. The number of hydrogen-bond acceptors (Lipinski definition) is 7. The summed E-state index contributed by atoms with van der Waals surface area (Å²) < 4.78 is 7.96. The third kappa shape index (κ3) is 5.05. The highest BCUT2D eigenvalue weighted by Gasteiger charge is 2.17. The van der Waals surface area contributed by atoms with Crippen LogP contribution >= 0.6 is 39.5 Å². The number of amides is 1. The molecule has 4 aromatic rings. The van der Waals surface area contributed by atoms with Gasteiger partial charge >= 0.3 is 0 Å². The molecule has 0 spiro atoms. The van der Waals surface area contributed by atoms with E-state index in [1.54, 1.807) is 10.6 Å². The van der Waals surface area contributed by atoms with Gasteiger partial charge in [0.15, 0.2) is 10.9 Å². The molecule has 0 fully saturated rings. The maximum Gasteiger partial charge on any atom is 0.261 e. The molecule has 11 heteroatoms. The first-order valence-corrected chi connectivity index (χ1v) is 12.1. The largest absolute Gasteiger partial charge is 0.496 e.